The zero-order chi connectivity index (χ0) is 18.5. The second kappa shape index (κ2) is 8.37. The van der Waals surface area contributed by atoms with E-state index < -0.39 is 12.0 Å². The van der Waals surface area contributed by atoms with Crippen molar-refractivity contribution in [3.05, 3.63) is 70.7 Å². The Labute approximate surface area is 158 Å². The lowest BCUT2D eigenvalue weighted by Gasteiger charge is -2.17. The Morgan fingerprint density at radius 2 is 1.85 bits per heavy atom. The van der Waals surface area contributed by atoms with Crippen LogP contribution >= 0.6 is 11.6 Å². The summed E-state index contributed by atoms with van der Waals surface area (Å²) in [5.41, 5.74) is 1.97. The molecule has 1 aliphatic carbocycles. The molecule has 136 valence electrons. The van der Waals surface area contributed by atoms with Crippen LogP contribution in [-0.4, -0.2) is 24.5 Å². The van der Waals surface area contributed by atoms with Crippen molar-refractivity contribution >= 4 is 23.5 Å². The van der Waals surface area contributed by atoms with Gasteiger partial charge in [-0.05, 0) is 36.5 Å². The molecule has 3 unspecified atom stereocenters. The molecule has 0 aromatic heterocycles. The Bertz CT molecular complexity index is 778. The van der Waals surface area contributed by atoms with Gasteiger partial charge in [0.1, 0.15) is 6.04 Å². The smallest absolute Gasteiger partial charge is 0.328 e. The standard InChI is InChI=1S/C21H22ClNO3/c1-2-26-21(25)19(12-14-8-4-3-5-9-14)23-20(24)17-13-16(17)15-10-6-7-11-18(15)22/h3-11,16-17,19H,2,12-13H2,1H3,(H,23,24). The summed E-state index contributed by atoms with van der Waals surface area (Å²) in [7, 11) is 0. The minimum absolute atomic E-state index is 0.114. The first kappa shape index (κ1) is 18.5. The second-order valence-corrected chi connectivity index (χ2v) is 6.88. The molecule has 4 nitrogen and oxygen atoms in total. The Kier molecular flexibility index (Phi) is 5.94. The number of esters is 1. The van der Waals surface area contributed by atoms with E-state index in [1.165, 1.54) is 0 Å². The van der Waals surface area contributed by atoms with E-state index in [2.05, 4.69) is 5.32 Å². The first-order chi connectivity index (χ1) is 12.6. The van der Waals surface area contributed by atoms with E-state index in [1.807, 2.05) is 54.6 Å². The summed E-state index contributed by atoms with van der Waals surface area (Å²) in [4.78, 5) is 24.9. The van der Waals surface area contributed by atoms with Gasteiger partial charge in [-0.25, -0.2) is 4.79 Å². The normalized spacial score (nSPS) is 19.5. The van der Waals surface area contributed by atoms with Crippen molar-refractivity contribution in [1.82, 2.24) is 5.32 Å². The van der Waals surface area contributed by atoms with Gasteiger partial charge in [-0.15, -0.1) is 0 Å². The van der Waals surface area contributed by atoms with Crippen molar-refractivity contribution in [1.29, 1.82) is 0 Å². The number of halogens is 1. The van der Waals surface area contributed by atoms with Crippen LogP contribution in [0.4, 0.5) is 0 Å². The number of carbonyl (C=O) groups excluding carboxylic acids is 2. The highest BCUT2D eigenvalue weighted by atomic mass is 35.5. The highest BCUT2D eigenvalue weighted by Crippen LogP contribution is 2.49. The van der Waals surface area contributed by atoms with E-state index in [1.54, 1.807) is 6.92 Å². The van der Waals surface area contributed by atoms with E-state index in [9.17, 15) is 9.59 Å². The fraction of sp³-hybridized carbons (Fsp3) is 0.333. The van der Waals surface area contributed by atoms with Gasteiger partial charge in [-0.3, -0.25) is 4.79 Å². The maximum atomic E-state index is 12.6. The summed E-state index contributed by atoms with van der Waals surface area (Å²) in [6.45, 7) is 2.04. The number of carbonyl (C=O) groups is 2. The van der Waals surface area contributed by atoms with Gasteiger partial charge >= 0.3 is 5.97 Å². The van der Waals surface area contributed by atoms with Crippen molar-refractivity contribution in [2.75, 3.05) is 6.61 Å². The minimum Gasteiger partial charge on any atom is -0.464 e. The molecule has 0 saturated heterocycles. The number of nitrogens with one attached hydrogen (secondary N) is 1. The summed E-state index contributed by atoms with van der Waals surface area (Å²) < 4.78 is 5.13. The molecule has 26 heavy (non-hydrogen) atoms. The van der Waals surface area contributed by atoms with Gasteiger partial charge in [0.2, 0.25) is 5.91 Å². The lowest BCUT2D eigenvalue weighted by molar-refractivity contribution is -0.147. The van der Waals surface area contributed by atoms with Gasteiger partial charge in [-0.1, -0.05) is 60.1 Å². The quantitative estimate of drug-likeness (QED) is 0.754. The van der Waals surface area contributed by atoms with Crippen molar-refractivity contribution in [3.8, 4) is 0 Å². The molecule has 0 heterocycles. The molecule has 1 N–H and O–H groups in total. The largest absolute Gasteiger partial charge is 0.464 e. The maximum Gasteiger partial charge on any atom is 0.328 e. The molecular weight excluding hydrogens is 350 g/mol. The third-order valence-electron chi connectivity index (χ3n) is 4.60. The molecule has 3 atom stereocenters. The van der Waals surface area contributed by atoms with Crippen LogP contribution in [0.2, 0.25) is 5.02 Å². The molecule has 3 rings (SSSR count). The molecule has 1 amide bonds. The van der Waals surface area contributed by atoms with Crippen molar-refractivity contribution in [2.24, 2.45) is 5.92 Å². The minimum atomic E-state index is -0.683. The number of hydrogen-bond donors (Lipinski definition) is 1. The predicted molar refractivity (Wildman–Crippen MR) is 101 cm³/mol. The second-order valence-electron chi connectivity index (χ2n) is 6.47. The molecule has 2 aromatic rings. The number of amides is 1. The zero-order valence-corrected chi connectivity index (χ0v) is 15.4. The Morgan fingerprint density at radius 3 is 2.54 bits per heavy atom. The molecule has 1 fully saturated rings. The maximum absolute atomic E-state index is 12.6. The van der Waals surface area contributed by atoms with E-state index in [4.69, 9.17) is 16.3 Å². The van der Waals surface area contributed by atoms with Crippen molar-refractivity contribution in [3.63, 3.8) is 0 Å². The summed E-state index contributed by atoms with van der Waals surface area (Å²) in [5.74, 6) is -0.561. The zero-order valence-electron chi connectivity index (χ0n) is 14.7. The molecule has 0 aliphatic heterocycles. The van der Waals surface area contributed by atoms with Gasteiger partial charge in [0.05, 0.1) is 6.61 Å². The summed E-state index contributed by atoms with van der Waals surface area (Å²) in [6, 6.07) is 16.5. The van der Waals surface area contributed by atoms with Crippen LogP contribution in [0.5, 0.6) is 0 Å². The fourth-order valence-electron chi connectivity index (χ4n) is 3.17. The third kappa shape index (κ3) is 4.44. The number of ether oxygens (including phenoxy) is 1. The van der Waals surface area contributed by atoms with E-state index in [-0.39, 0.29) is 24.3 Å². The Hall–Kier alpha value is -2.33. The SMILES string of the molecule is CCOC(=O)C(Cc1ccccc1)NC(=O)C1CC1c1ccccc1Cl. The fourth-order valence-corrected chi connectivity index (χ4v) is 3.44. The van der Waals surface area contributed by atoms with Crippen LogP contribution in [0.3, 0.4) is 0 Å². The third-order valence-corrected chi connectivity index (χ3v) is 4.95. The number of rotatable bonds is 7. The number of hydrogen-bond acceptors (Lipinski definition) is 3. The van der Waals surface area contributed by atoms with E-state index in [0.717, 1.165) is 17.5 Å². The molecule has 1 aliphatic rings. The topological polar surface area (TPSA) is 55.4 Å². The van der Waals surface area contributed by atoms with Gasteiger partial charge in [0.15, 0.2) is 0 Å². The van der Waals surface area contributed by atoms with Gasteiger partial charge in [-0.2, -0.15) is 0 Å². The molecular formula is C21H22ClNO3. The molecule has 1 saturated carbocycles. The van der Waals surface area contributed by atoms with Crippen LogP contribution in [0.25, 0.3) is 0 Å². The van der Waals surface area contributed by atoms with E-state index >= 15 is 0 Å². The molecule has 2 aromatic carbocycles. The van der Waals surface area contributed by atoms with Crippen molar-refractivity contribution in [2.45, 2.75) is 31.7 Å². The lowest BCUT2D eigenvalue weighted by atomic mass is 10.1. The first-order valence-electron chi connectivity index (χ1n) is 8.85. The van der Waals surface area contributed by atoms with Crippen LogP contribution in [0.1, 0.15) is 30.4 Å². The first-order valence-corrected chi connectivity index (χ1v) is 9.23. The van der Waals surface area contributed by atoms with Crippen molar-refractivity contribution < 1.29 is 14.3 Å². The Morgan fingerprint density at radius 1 is 1.15 bits per heavy atom. The summed E-state index contributed by atoms with van der Waals surface area (Å²) in [5, 5.41) is 3.55. The van der Waals surface area contributed by atoms with Gasteiger partial charge in [0, 0.05) is 17.4 Å². The number of benzene rings is 2. The Balaban J connectivity index is 1.66. The van der Waals surface area contributed by atoms with E-state index in [0.29, 0.717) is 11.4 Å². The average Bonchev–Trinajstić information content (AvgIpc) is 3.43. The summed E-state index contributed by atoms with van der Waals surface area (Å²) >= 11 is 6.23. The molecule has 5 heteroatoms. The van der Waals surface area contributed by atoms with Gasteiger partial charge in [0.25, 0.3) is 0 Å². The van der Waals surface area contributed by atoms with Crippen LogP contribution in [0, 0.1) is 5.92 Å². The molecule has 0 bridgehead atoms. The molecule has 0 radical (unpaired) electrons. The average molecular weight is 372 g/mol. The highest BCUT2D eigenvalue weighted by Gasteiger charge is 2.45. The van der Waals surface area contributed by atoms with Crippen LogP contribution in [-0.2, 0) is 20.7 Å². The highest BCUT2D eigenvalue weighted by molar-refractivity contribution is 6.31. The summed E-state index contributed by atoms with van der Waals surface area (Å²) in [6.07, 6.45) is 1.16. The van der Waals surface area contributed by atoms with Crippen LogP contribution in [0.15, 0.2) is 54.6 Å². The lowest BCUT2D eigenvalue weighted by Crippen LogP contribution is -2.44. The molecule has 0 spiro atoms. The monoisotopic (exact) mass is 371 g/mol. The van der Waals surface area contributed by atoms with Gasteiger partial charge < -0.3 is 10.1 Å². The predicted octanol–water partition coefficient (Wildman–Crippen LogP) is 3.73. The van der Waals surface area contributed by atoms with Crippen LogP contribution < -0.4 is 5.32 Å².